The zero-order valence-corrected chi connectivity index (χ0v) is 22.2. The van der Waals surface area contributed by atoms with Crippen LogP contribution in [0.4, 0.5) is 5.69 Å². The van der Waals surface area contributed by atoms with E-state index in [2.05, 4.69) is 10.3 Å². The Morgan fingerprint density at radius 2 is 1.76 bits per heavy atom. The van der Waals surface area contributed by atoms with Crippen molar-refractivity contribution in [3.63, 3.8) is 0 Å². The van der Waals surface area contributed by atoms with Crippen molar-refractivity contribution in [2.24, 2.45) is 0 Å². The van der Waals surface area contributed by atoms with Crippen molar-refractivity contribution in [3.05, 3.63) is 125 Å². The molecule has 7 nitrogen and oxygen atoms in total. The summed E-state index contributed by atoms with van der Waals surface area (Å²) in [5.41, 5.74) is 3.12. The largest absolute Gasteiger partial charge is 0.326 e. The number of nitrogens with zero attached hydrogens (tertiary/aromatic N) is 3. The van der Waals surface area contributed by atoms with E-state index in [0.29, 0.717) is 22.0 Å². The minimum Gasteiger partial charge on any atom is -0.326 e. The highest BCUT2D eigenvalue weighted by atomic mass is 35.5. The van der Waals surface area contributed by atoms with Crippen LogP contribution in [0.1, 0.15) is 35.3 Å². The summed E-state index contributed by atoms with van der Waals surface area (Å²) in [4.78, 5) is 16.9. The molecule has 0 aliphatic carbocycles. The Morgan fingerprint density at radius 3 is 2.39 bits per heavy atom. The molecular formula is C29H25ClN4O3S. The number of carbonyl (C=O) groups is 1. The number of nitriles is 1. The van der Waals surface area contributed by atoms with Gasteiger partial charge in [0.25, 0.3) is 0 Å². The summed E-state index contributed by atoms with van der Waals surface area (Å²) < 4.78 is 28.8. The molecule has 0 unspecified atom stereocenters. The topological polar surface area (TPSA) is 103 Å². The van der Waals surface area contributed by atoms with Crippen molar-refractivity contribution in [2.75, 3.05) is 5.32 Å². The van der Waals surface area contributed by atoms with E-state index >= 15 is 0 Å². The predicted molar refractivity (Wildman–Crippen MR) is 147 cm³/mol. The Hall–Kier alpha value is -4.03. The van der Waals surface area contributed by atoms with Crippen molar-refractivity contribution < 1.29 is 13.2 Å². The van der Waals surface area contributed by atoms with Gasteiger partial charge in [0.2, 0.25) is 15.9 Å². The minimum absolute atomic E-state index is 0.0580. The van der Waals surface area contributed by atoms with Crippen LogP contribution < -0.4 is 5.32 Å². The van der Waals surface area contributed by atoms with Gasteiger partial charge in [-0.05, 0) is 78.7 Å². The maximum Gasteiger partial charge on any atom is 0.243 e. The van der Waals surface area contributed by atoms with Gasteiger partial charge in [-0.1, -0.05) is 41.9 Å². The summed E-state index contributed by atoms with van der Waals surface area (Å²) >= 11 is 6.00. The van der Waals surface area contributed by atoms with E-state index in [-0.39, 0.29) is 23.8 Å². The lowest BCUT2D eigenvalue weighted by Gasteiger charge is -2.28. The molecule has 1 N–H and O–H groups in total. The van der Waals surface area contributed by atoms with Gasteiger partial charge in [0.15, 0.2) is 0 Å². The van der Waals surface area contributed by atoms with E-state index in [1.165, 1.54) is 28.6 Å². The molecule has 0 spiro atoms. The lowest BCUT2D eigenvalue weighted by atomic mass is 10.1. The van der Waals surface area contributed by atoms with Crippen LogP contribution in [0, 0.1) is 11.3 Å². The van der Waals surface area contributed by atoms with Gasteiger partial charge < -0.3 is 5.32 Å². The van der Waals surface area contributed by atoms with Crippen molar-refractivity contribution in [1.82, 2.24) is 9.29 Å². The number of aromatic nitrogens is 1. The molecule has 9 heteroatoms. The van der Waals surface area contributed by atoms with Crippen LogP contribution in [0.5, 0.6) is 0 Å². The Morgan fingerprint density at radius 1 is 1.03 bits per heavy atom. The van der Waals surface area contributed by atoms with E-state index in [9.17, 15) is 13.2 Å². The first kappa shape index (κ1) is 27.0. The second-order valence-electron chi connectivity index (χ2n) is 8.66. The molecule has 1 aromatic heterocycles. The smallest absolute Gasteiger partial charge is 0.243 e. The quantitative estimate of drug-likeness (QED) is 0.289. The molecule has 0 aliphatic heterocycles. The van der Waals surface area contributed by atoms with Gasteiger partial charge in [-0.3, -0.25) is 9.78 Å². The Kier molecular flexibility index (Phi) is 8.54. The highest BCUT2D eigenvalue weighted by Gasteiger charge is 2.30. The van der Waals surface area contributed by atoms with Gasteiger partial charge in [-0.2, -0.15) is 9.57 Å². The summed E-state index contributed by atoms with van der Waals surface area (Å²) in [7, 11) is -3.94. The van der Waals surface area contributed by atoms with Crippen LogP contribution in [-0.2, 0) is 27.8 Å². The highest BCUT2D eigenvalue weighted by molar-refractivity contribution is 7.89. The lowest BCUT2D eigenvalue weighted by Crippen LogP contribution is -2.33. The zero-order valence-electron chi connectivity index (χ0n) is 20.6. The average Bonchev–Trinajstić information content (AvgIpc) is 2.92. The number of benzene rings is 3. The Labute approximate surface area is 227 Å². The second kappa shape index (κ2) is 12.0. The number of carbonyl (C=O) groups excluding carboxylic acids is 1. The number of halogens is 1. The Balaban J connectivity index is 1.55. The first-order valence-electron chi connectivity index (χ1n) is 11.8. The number of rotatable bonds is 9. The van der Waals surface area contributed by atoms with E-state index in [1.807, 2.05) is 12.1 Å². The van der Waals surface area contributed by atoms with Gasteiger partial charge in [0, 0.05) is 22.9 Å². The Bertz CT molecular complexity index is 1550. The van der Waals surface area contributed by atoms with Crippen molar-refractivity contribution in [1.29, 1.82) is 5.26 Å². The van der Waals surface area contributed by atoms with Gasteiger partial charge in [-0.25, -0.2) is 8.42 Å². The van der Waals surface area contributed by atoms with E-state index < -0.39 is 16.1 Å². The molecule has 0 saturated carbocycles. The third kappa shape index (κ3) is 6.64. The van der Waals surface area contributed by atoms with Gasteiger partial charge in [-0.15, -0.1) is 0 Å². The minimum atomic E-state index is -3.94. The fourth-order valence-electron chi connectivity index (χ4n) is 3.97. The number of hydrogen-bond donors (Lipinski definition) is 1. The summed E-state index contributed by atoms with van der Waals surface area (Å²) in [5.74, 6) is -0.187. The first-order chi connectivity index (χ1) is 18.3. The van der Waals surface area contributed by atoms with Crippen LogP contribution in [0.15, 0.2) is 102 Å². The maximum atomic E-state index is 13.7. The van der Waals surface area contributed by atoms with Gasteiger partial charge in [0.1, 0.15) is 0 Å². The lowest BCUT2D eigenvalue weighted by molar-refractivity contribution is -0.115. The highest BCUT2D eigenvalue weighted by Crippen LogP contribution is 2.30. The number of pyridine rings is 1. The normalized spacial score (nSPS) is 12.1. The van der Waals surface area contributed by atoms with E-state index in [4.69, 9.17) is 16.9 Å². The third-order valence-electron chi connectivity index (χ3n) is 6.00. The molecular weight excluding hydrogens is 520 g/mol. The number of nitrogens with one attached hydrogen (secondary N) is 1. The van der Waals surface area contributed by atoms with Crippen LogP contribution in [0.2, 0.25) is 5.02 Å². The van der Waals surface area contributed by atoms with Crippen LogP contribution >= 0.6 is 11.6 Å². The molecule has 1 atom stereocenters. The zero-order chi connectivity index (χ0) is 27.1. The fourth-order valence-corrected chi connectivity index (χ4v) is 5.77. The van der Waals surface area contributed by atoms with Crippen molar-refractivity contribution in [3.8, 4) is 6.07 Å². The molecule has 0 aliphatic rings. The van der Waals surface area contributed by atoms with E-state index in [0.717, 1.165) is 11.1 Å². The SMILES string of the molecule is C[C@H](c1ccc(NC(=O)Cc2cccc(Cl)c2)cc1)N(Cc1ccccn1)S(=O)(=O)c1ccc(C#N)cc1. The van der Waals surface area contributed by atoms with Crippen LogP contribution in [0.25, 0.3) is 0 Å². The summed E-state index contributed by atoms with van der Waals surface area (Å²) in [6.45, 7) is 1.86. The molecule has 1 heterocycles. The van der Waals surface area contributed by atoms with Crippen molar-refractivity contribution in [2.45, 2.75) is 30.8 Å². The summed E-state index contributed by atoms with van der Waals surface area (Å²) in [6.07, 6.45) is 1.80. The van der Waals surface area contributed by atoms with E-state index in [1.54, 1.807) is 73.8 Å². The third-order valence-corrected chi connectivity index (χ3v) is 8.16. The maximum absolute atomic E-state index is 13.7. The molecule has 192 valence electrons. The molecule has 0 fully saturated rings. The number of anilines is 1. The predicted octanol–water partition coefficient (Wildman–Crippen LogP) is 5.74. The fraction of sp³-hybridized carbons (Fsp3) is 0.138. The first-order valence-corrected chi connectivity index (χ1v) is 13.6. The number of amides is 1. The van der Waals surface area contributed by atoms with Crippen LogP contribution in [-0.4, -0.2) is 23.6 Å². The van der Waals surface area contributed by atoms with Gasteiger partial charge in [0.05, 0.1) is 35.2 Å². The molecule has 38 heavy (non-hydrogen) atoms. The average molecular weight is 545 g/mol. The molecule has 4 rings (SSSR count). The summed E-state index contributed by atoms with van der Waals surface area (Å²) in [6, 6.07) is 26.8. The van der Waals surface area contributed by atoms with Crippen molar-refractivity contribution >= 4 is 33.2 Å². The molecule has 0 bridgehead atoms. The molecule has 0 saturated heterocycles. The van der Waals surface area contributed by atoms with Gasteiger partial charge >= 0.3 is 0 Å². The monoisotopic (exact) mass is 544 g/mol. The molecule has 0 radical (unpaired) electrons. The molecule has 3 aromatic carbocycles. The summed E-state index contributed by atoms with van der Waals surface area (Å²) in [5, 5.41) is 12.5. The molecule has 1 amide bonds. The van der Waals surface area contributed by atoms with Crippen LogP contribution in [0.3, 0.4) is 0 Å². The molecule has 4 aromatic rings. The standard InChI is InChI=1S/C29H25ClN4O3S/c1-21(24-10-12-26(13-11-24)33-29(35)18-23-5-4-6-25(30)17-23)34(20-27-7-2-3-16-32-27)38(36,37)28-14-8-22(19-31)9-15-28/h2-17,21H,18,20H2,1H3,(H,33,35)/t21-/m1/s1. The number of sulfonamides is 1. The number of hydrogen-bond acceptors (Lipinski definition) is 5. The second-order valence-corrected chi connectivity index (χ2v) is 11.0.